The number of hydrogen-bond acceptors (Lipinski definition) is 7. The number of hydrogen-bond donors (Lipinski definition) is 2. The Morgan fingerprint density at radius 3 is 2.52 bits per heavy atom. The molecule has 2 aromatic rings. The molecular weight excluding hydrogens is 332 g/mol. The number of nitro groups is 1. The van der Waals surface area contributed by atoms with Crippen molar-refractivity contribution < 1.29 is 24.3 Å². The fourth-order valence-electron chi connectivity index (χ4n) is 2.32. The lowest BCUT2D eigenvalue weighted by atomic mass is 10.2. The molecule has 0 atom stereocenters. The summed E-state index contributed by atoms with van der Waals surface area (Å²) in [6.45, 7) is 3.32. The summed E-state index contributed by atoms with van der Waals surface area (Å²) in [4.78, 5) is 20.9. The average Bonchev–Trinajstić information content (AvgIpc) is 2.93. The van der Waals surface area contributed by atoms with Gasteiger partial charge in [0.25, 0.3) is 5.69 Å². The number of aromatic nitrogens is 2. The summed E-state index contributed by atoms with van der Waals surface area (Å²) < 4.78 is 11.3. The number of aryl methyl sites for hydroxylation is 1. The van der Waals surface area contributed by atoms with Gasteiger partial charge in [-0.2, -0.15) is 5.10 Å². The summed E-state index contributed by atoms with van der Waals surface area (Å²) in [5.41, 5.74) is 0.379. The molecule has 0 unspecified atom stereocenters. The molecule has 10 nitrogen and oxygen atoms in total. The van der Waals surface area contributed by atoms with Crippen molar-refractivity contribution in [2.75, 3.05) is 38.3 Å². The lowest BCUT2D eigenvalue weighted by molar-refractivity contribution is -0.383. The second kappa shape index (κ2) is 8.94. The zero-order valence-electron chi connectivity index (χ0n) is 13.8. The van der Waals surface area contributed by atoms with E-state index in [0.717, 1.165) is 26.4 Å². The molecule has 1 aromatic carbocycles. The minimum atomic E-state index is -0.918. The monoisotopic (exact) mass is 352 g/mol. The van der Waals surface area contributed by atoms with E-state index in [1.54, 1.807) is 19.2 Å². The molecule has 0 spiro atoms. The van der Waals surface area contributed by atoms with Crippen LogP contribution in [0.1, 0.15) is 6.42 Å². The number of nitro benzene ring substituents is 1. The van der Waals surface area contributed by atoms with Gasteiger partial charge >= 0.3 is 5.97 Å². The summed E-state index contributed by atoms with van der Waals surface area (Å²) in [5.74, 6) is -0.471. The topological polar surface area (TPSA) is 129 Å². The molecular formula is C15H20N4O6. The zero-order chi connectivity index (χ0) is 18.2. The van der Waals surface area contributed by atoms with E-state index in [4.69, 9.17) is 14.6 Å². The molecule has 1 fully saturated rings. The van der Waals surface area contributed by atoms with Crippen LogP contribution in [0.2, 0.25) is 0 Å². The molecule has 1 aliphatic heterocycles. The van der Waals surface area contributed by atoms with Gasteiger partial charge < -0.3 is 19.9 Å². The first-order valence-corrected chi connectivity index (χ1v) is 7.72. The fraction of sp³-hybridized carbons (Fsp3) is 0.467. The summed E-state index contributed by atoms with van der Waals surface area (Å²) in [5, 5.41) is 27.1. The number of para-hydroxylation sites is 1. The Kier molecular flexibility index (Phi) is 6.66. The highest BCUT2D eigenvalue weighted by Gasteiger charge is 2.18. The van der Waals surface area contributed by atoms with Gasteiger partial charge in [-0.25, -0.2) is 0 Å². The Labute approximate surface area is 143 Å². The number of rotatable bonds is 5. The van der Waals surface area contributed by atoms with E-state index in [9.17, 15) is 14.9 Å². The maximum Gasteiger partial charge on any atom is 0.305 e. The Morgan fingerprint density at radius 1 is 1.36 bits per heavy atom. The highest BCUT2D eigenvalue weighted by Crippen LogP contribution is 2.29. The van der Waals surface area contributed by atoms with Crippen LogP contribution in [0, 0.1) is 10.1 Å². The number of carbonyl (C=O) groups is 1. The third kappa shape index (κ3) is 5.13. The number of ether oxygens (including phenoxy) is 2. The number of non-ortho nitro benzene ring substituents is 1. The van der Waals surface area contributed by atoms with Crippen LogP contribution in [0.5, 0.6) is 0 Å². The van der Waals surface area contributed by atoms with Gasteiger partial charge in [-0.15, -0.1) is 0 Å². The Bertz CT molecular complexity index is 729. The van der Waals surface area contributed by atoms with Crippen molar-refractivity contribution in [3.05, 3.63) is 28.3 Å². The molecule has 25 heavy (non-hydrogen) atoms. The van der Waals surface area contributed by atoms with Gasteiger partial charge in [0.15, 0.2) is 5.82 Å². The van der Waals surface area contributed by atoms with E-state index in [-0.39, 0.29) is 18.7 Å². The van der Waals surface area contributed by atoms with Crippen LogP contribution in [0.3, 0.4) is 0 Å². The number of aliphatic carboxylic acids is 1. The molecule has 0 aliphatic carbocycles. The van der Waals surface area contributed by atoms with E-state index in [2.05, 4.69) is 10.4 Å². The highest BCUT2D eigenvalue weighted by molar-refractivity contribution is 5.96. The predicted molar refractivity (Wildman–Crippen MR) is 89.7 cm³/mol. The standard InChI is InChI=1S/C11H12N4O4.C4H8O2/c1-14-10-7(3-2-4-8(10)15(18)19)11(13-14)12-6-5-9(16)17;1-2-6-4-3-5-1/h2-4H,5-6H2,1H3,(H,12,13)(H,16,17);1-4H2. The summed E-state index contributed by atoms with van der Waals surface area (Å²) in [6.07, 6.45) is -0.0486. The SMILES string of the molecule is C1COCCO1.Cn1nc(NCCC(=O)O)c2cccc([N+](=O)[O-])c21. The Hall–Kier alpha value is -2.72. The lowest BCUT2D eigenvalue weighted by Crippen LogP contribution is -2.16. The molecule has 1 aliphatic rings. The molecule has 0 radical (unpaired) electrons. The first kappa shape index (κ1) is 18.6. The lowest BCUT2D eigenvalue weighted by Gasteiger charge is -2.09. The number of fused-ring (bicyclic) bond motifs is 1. The molecule has 3 rings (SSSR count). The zero-order valence-corrected chi connectivity index (χ0v) is 13.8. The van der Waals surface area contributed by atoms with Crippen LogP contribution in [-0.2, 0) is 21.3 Å². The van der Waals surface area contributed by atoms with E-state index < -0.39 is 10.9 Å². The van der Waals surface area contributed by atoms with Gasteiger partial charge in [-0.05, 0) is 6.07 Å². The molecule has 0 amide bonds. The number of nitrogens with zero attached hydrogens (tertiary/aromatic N) is 3. The van der Waals surface area contributed by atoms with Crippen LogP contribution in [-0.4, -0.2) is 58.8 Å². The molecule has 0 bridgehead atoms. The predicted octanol–water partition coefficient (Wildman–Crippen LogP) is 1.40. The van der Waals surface area contributed by atoms with Crippen molar-refractivity contribution in [3.63, 3.8) is 0 Å². The van der Waals surface area contributed by atoms with Gasteiger partial charge in [-0.1, -0.05) is 6.07 Å². The van der Waals surface area contributed by atoms with E-state index in [0.29, 0.717) is 16.7 Å². The fourth-order valence-corrected chi connectivity index (χ4v) is 2.32. The largest absolute Gasteiger partial charge is 0.481 e. The van der Waals surface area contributed by atoms with Gasteiger partial charge in [0.2, 0.25) is 0 Å². The second-order valence-corrected chi connectivity index (χ2v) is 5.20. The molecule has 2 heterocycles. The second-order valence-electron chi connectivity index (χ2n) is 5.20. The van der Waals surface area contributed by atoms with E-state index in [1.165, 1.54) is 10.7 Å². The maximum absolute atomic E-state index is 10.9. The van der Waals surface area contributed by atoms with Gasteiger partial charge in [0.1, 0.15) is 5.52 Å². The summed E-state index contributed by atoms with van der Waals surface area (Å²) in [6, 6.07) is 4.69. The van der Waals surface area contributed by atoms with Crippen LogP contribution in [0.15, 0.2) is 18.2 Å². The van der Waals surface area contributed by atoms with E-state index >= 15 is 0 Å². The van der Waals surface area contributed by atoms with Gasteiger partial charge in [-0.3, -0.25) is 19.6 Å². The summed E-state index contributed by atoms with van der Waals surface area (Å²) >= 11 is 0. The Morgan fingerprint density at radius 2 is 2.00 bits per heavy atom. The number of anilines is 1. The molecule has 10 heteroatoms. The Balaban J connectivity index is 0.000000316. The smallest absolute Gasteiger partial charge is 0.305 e. The van der Waals surface area contributed by atoms with Crippen LogP contribution in [0.25, 0.3) is 10.9 Å². The minimum absolute atomic E-state index is 0.0289. The van der Waals surface area contributed by atoms with Gasteiger partial charge in [0, 0.05) is 19.7 Å². The molecule has 136 valence electrons. The van der Waals surface area contributed by atoms with Crippen molar-refractivity contribution in [2.45, 2.75) is 6.42 Å². The number of carboxylic acid groups (broad SMARTS) is 1. The highest BCUT2D eigenvalue weighted by atomic mass is 16.6. The van der Waals surface area contributed by atoms with Crippen LogP contribution < -0.4 is 5.32 Å². The van der Waals surface area contributed by atoms with E-state index in [1.807, 2.05) is 0 Å². The normalized spacial score (nSPS) is 13.8. The third-order valence-corrected chi connectivity index (χ3v) is 3.42. The van der Waals surface area contributed by atoms with Crippen molar-refractivity contribution in [2.24, 2.45) is 7.05 Å². The van der Waals surface area contributed by atoms with Crippen molar-refractivity contribution in [1.29, 1.82) is 0 Å². The first-order valence-electron chi connectivity index (χ1n) is 7.72. The number of carboxylic acids is 1. The quantitative estimate of drug-likeness (QED) is 0.610. The minimum Gasteiger partial charge on any atom is -0.481 e. The number of benzene rings is 1. The average molecular weight is 352 g/mol. The molecule has 2 N–H and O–H groups in total. The van der Waals surface area contributed by atoms with Crippen molar-refractivity contribution >= 4 is 28.4 Å². The molecule has 0 saturated carbocycles. The maximum atomic E-state index is 10.9. The third-order valence-electron chi connectivity index (χ3n) is 3.42. The summed E-state index contributed by atoms with van der Waals surface area (Å²) in [7, 11) is 1.61. The first-order chi connectivity index (χ1) is 12.0. The van der Waals surface area contributed by atoms with Crippen LogP contribution >= 0.6 is 0 Å². The number of nitrogens with one attached hydrogen (secondary N) is 1. The van der Waals surface area contributed by atoms with Crippen LogP contribution in [0.4, 0.5) is 11.5 Å². The molecule has 1 saturated heterocycles. The van der Waals surface area contributed by atoms with Gasteiger partial charge in [0.05, 0.1) is 43.2 Å². The molecule has 1 aromatic heterocycles. The van der Waals surface area contributed by atoms with Crippen molar-refractivity contribution in [1.82, 2.24) is 9.78 Å². The van der Waals surface area contributed by atoms with Crippen molar-refractivity contribution in [3.8, 4) is 0 Å².